The van der Waals surface area contributed by atoms with Crippen molar-refractivity contribution in [2.24, 2.45) is 4.99 Å². The maximum atomic E-state index is 13.6. The Hall–Kier alpha value is -0.550. The van der Waals surface area contributed by atoms with Crippen molar-refractivity contribution in [2.45, 2.75) is 31.6 Å². The highest BCUT2D eigenvalue weighted by Gasteiger charge is 2.19. The maximum absolute atomic E-state index is 13.6. The summed E-state index contributed by atoms with van der Waals surface area (Å²) in [6, 6.07) is 5.27. The standard InChI is InChI=1S/C12H14BrFN2S/c1-7-5-8(2)17-12(15-7)16-11-4-3-9(13)6-10(11)14/h3-4,6-8H,5H2,1-2H3,(H,15,16). The molecule has 0 spiro atoms. The van der Waals surface area contributed by atoms with E-state index in [1.54, 1.807) is 17.8 Å². The third kappa shape index (κ3) is 3.45. The van der Waals surface area contributed by atoms with Crippen LogP contribution in [0, 0.1) is 5.82 Å². The third-order valence-corrected chi connectivity index (χ3v) is 4.02. The Labute approximate surface area is 113 Å². The molecule has 1 aliphatic rings. The normalized spacial score (nSPS) is 24.4. The number of hydrogen-bond donors (Lipinski definition) is 1. The fourth-order valence-corrected chi connectivity index (χ4v) is 3.27. The van der Waals surface area contributed by atoms with Crippen LogP contribution in [-0.4, -0.2) is 16.5 Å². The fourth-order valence-electron chi connectivity index (χ4n) is 1.77. The smallest absolute Gasteiger partial charge is 0.161 e. The second-order valence-electron chi connectivity index (χ2n) is 4.20. The molecule has 0 saturated carbocycles. The van der Waals surface area contributed by atoms with E-state index in [-0.39, 0.29) is 5.82 Å². The lowest BCUT2D eigenvalue weighted by atomic mass is 10.2. The third-order valence-electron chi connectivity index (χ3n) is 2.50. The Kier molecular flexibility index (Phi) is 4.09. The van der Waals surface area contributed by atoms with E-state index in [0.29, 0.717) is 17.0 Å². The highest BCUT2D eigenvalue weighted by atomic mass is 79.9. The van der Waals surface area contributed by atoms with Crippen molar-refractivity contribution in [3.63, 3.8) is 0 Å². The van der Waals surface area contributed by atoms with E-state index < -0.39 is 0 Å². The topological polar surface area (TPSA) is 24.4 Å². The van der Waals surface area contributed by atoms with Crippen molar-refractivity contribution in [3.05, 3.63) is 28.5 Å². The maximum Gasteiger partial charge on any atom is 0.161 e. The molecule has 17 heavy (non-hydrogen) atoms. The molecule has 1 heterocycles. The monoisotopic (exact) mass is 316 g/mol. The minimum atomic E-state index is -0.270. The van der Waals surface area contributed by atoms with Gasteiger partial charge in [0.05, 0.1) is 11.7 Å². The van der Waals surface area contributed by atoms with Gasteiger partial charge in [-0.1, -0.05) is 34.6 Å². The summed E-state index contributed by atoms with van der Waals surface area (Å²) < 4.78 is 14.4. The van der Waals surface area contributed by atoms with Crippen molar-refractivity contribution in [3.8, 4) is 0 Å². The van der Waals surface area contributed by atoms with E-state index in [1.165, 1.54) is 6.07 Å². The molecular formula is C12H14BrFN2S. The van der Waals surface area contributed by atoms with Crippen LogP contribution >= 0.6 is 27.7 Å². The van der Waals surface area contributed by atoms with Crippen LogP contribution in [0.3, 0.4) is 0 Å². The second kappa shape index (κ2) is 5.40. The van der Waals surface area contributed by atoms with Gasteiger partial charge in [0.25, 0.3) is 0 Å². The van der Waals surface area contributed by atoms with Crippen LogP contribution in [0.1, 0.15) is 20.3 Å². The van der Waals surface area contributed by atoms with E-state index in [4.69, 9.17) is 0 Å². The fraction of sp³-hybridized carbons (Fsp3) is 0.417. The van der Waals surface area contributed by atoms with Crippen molar-refractivity contribution in [1.29, 1.82) is 0 Å². The number of thioether (sulfide) groups is 1. The predicted octanol–water partition coefficient (Wildman–Crippen LogP) is 4.27. The summed E-state index contributed by atoms with van der Waals surface area (Å²) in [4.78, 5) is 4.48. The summed E-state index contributed by atoms with van der Waals surface area (Å²) in [5, 5.41) is 4.37. The molecule has 0 fully saturated rings. The number of amidine groups is 1. The van der Waals surface area contributed by atoms with Crippen LogP contribution in [-0.2, 0) is 0 Å². The van der Waals surface area contributed by atoms with Gasteiger partial charge >= 0.3 is 0 Å². The number of halogens is 2. The van der Waals surface area contributed by atoms with Crippen molar-refractivity contribution in [1.82, 2.24) is 0 Å². The number of benzene rings is 1. The summed E-state index contributed by atoms with van der Waals surface area (Å²) in [5.74, 6) is -0.270. The Balaban J connectivity index is 2.15. The first-order chi connectivity index (χ1) is 8.04. The lowest BCUT2D eigenvalue weighted by molar-refractivity contribution is 0.631. The zero-order chi connectivity index (χ0) is 12.4. The van der Waals surface area contributed by atoms with Gasteiger partial charge in [0, 0.05) is 9.72 Å². The van der Waals surface area contributed by atoms with Gasteiger partial charge in [-0.05, 0) is 31.5 Å². The van der Waals surface area contributed by atoms with Crippen LogP contribution in [0.4, 0.5) is 10.1 Å². The molecule has 0 radical (unpaired) electrons. The molecule has 0 bridgehead atoms. The summed E-state index contributed by atoms with van der Waals surface area (Å²) >= 11 is 4.90. The zero-order valence-corrected chi connectivity index (χ0v) is 12.1. The second-order valence-corrected chi connectivity index (χ2v) is 6.54. The van der Waals surface area contributed by atoms with E-state index >= 15 is 0 Å². The molecule has 1 aromatic carbocycles. The molecule has 0 aliphatic carbocycles. The van der Waals surface area contributed by atoms with Crippen LogP contribution in [0.5, 0.6) is 0 Å². The SMILES string of the molecule is CC1CC(C)SC(Nc2ccc(Br)cc2F)=N1. The van der Waals surface area contributed by atoms with Crippen LogP contribution in [0.15, 0.2) is 27.7 Å². The van der Waals surface area contributed by atoms with E-state index in [1.807, 2.05) is 6.07 Å². The Bertz CT molecular complexity index is 450. The van der Waals surface area contributed by atoms with Gasteiger partial charge in [-0.15, -0.1) is 0 Å². The molecule has 0 aromatic heterocycles. The Morgan fingerprint density at radius 2 is 2.24 bits per heavy atom. The molecule has 1 N–H and O–H groups in total. The first-order valence-electron chi connectivity index (χ1n) is 5.51. The summed E-state index contributed by atoms with van der Waals surface area (Å²) in [6.45, 7) is 4.24. The number of hydrogen-bond acceptors (Lipinski definition) is 3. The largest absolute Gasteiger partial charge is 0.333 e. The van der Waals surface area contributed by atoms with Gasteiger partial charge in [0.1, 0.15) is 5.82 Å². The molecule has 5 heteroatoms. The molecule has 2 atom stereocenters. The van der Waals surface area contributed by atoms with E-state index in [0.717, 1.165) is 16.1 Å². The number of aliphatic imine (C=N–C) groups is 1. The Morgan fingerprint density at radius 1 is 1.47 bits per heavy atom. The summed E-state index contributed by atoms with van der Waals surface area (Å²) in [5.41, 5.74) is 0.473. The van der Waals surface area contributed by atoms with Gasteiger partial charge in [-0.3, -0.25) is 4.99 Å². The molecule has 92 valence electrons. The van der Waals surface area contributed by atoms with E-state index in [2.05, 4.69) is 40.1 Å². The van der Waals surface area contributed by atoms with Crippen molar-refractivity contribution < 1.29 is 4.39 Å². The van der Waals surface area contributed by atoms with Crippen LogP contribution in [0.2, 0.25) is 0 Å². The summed E-state index contributed by atoms with van der Waals surface area (Å²) in [7, 11) is 0. The Morgan fingerprint density at radius 3 is 2.88 bits per heavy atom. The first kappa shape index (κ1) is 12.9. The van der Waals surface area contributed by atoms with Crippen LogP contribution < -0.4 is 5.32 Å². The molecule has 1 aromatic rings. The average Bonchev–Trinajstić information content (AvgIpc) is 2.21. The highest BCUT2D eigenvalue weighted by Crippen LogP contribution is 2.27. The van der Waals surface area contributed by atoms with Gasteiger partial charge in [-0.2, -0.15) is 0 Å². The molecule has 2 unspecified atom stereocenters. The number of rotatable bonds is 1. The van der Waals surface area contributed by atoms with Gasteiger partial charge < -0.3 is 5.32 Å². The number of anilines is 1. The minimum absolute atomic E-state index is 0.270. The lowest BCUT2D eigenvalue weighted by Gasteiger charge is -2.23. The molecule has 0 saturated heterocycles. The minimum Gasteiger partial charge on any atom is -0.333 e. The summed E-state index contributed by atoms with van der Waals surface area (Å²) in [6.07, 6.45) is 1.07. The lowest BCUT2D eigenvalue weighted by Crippen LogP contribution is -2.23. The molecule has 0 amide bonds. The van der Waals surface area contributed by atoms with Gasteiger partial charge in [0.2, 0.25) is 0 Å². The molecular weight excluding hydrogens is 303 g/mol. The molecule has 2 nitrogen and oxygen atoms in total. The highest BCUT2D eigenvalue weighted by molar-refractivity contribution is 9.10. The van der Waals surface area contributed by atoms with Gasteiger partial charge in [-0.25, -0.2) is 4.39 Å². The quantitative estimate of drug-likeness (QED) is 0.836. The molecule has 2 rings (SSSR count). The number of nitrogens with zero attached hydrogens (tertiary/aromatic N) is 1. The predicted molar refractivity (Wildman–Crippen MR) is 76.3 cm³/mol. The molecule has 1 aliphatic heterocycles. The van der Waals surface area contributed by atoms with Crippen LogP contribution in [0.25, 0.3) is 0 Å². The van der Waals surface area contributed by atoms with E-state index in [9.17, 15) is 4.39 Å². The first-order valence-corrected chi connectivity index (χ1v) is 7.18. The van der Waals surface area contributed by atoms with Crippen molar-refractivity contribution >= 4 is 38.5 Å². The zero-order valence-electron chi connectivity index (χ0n) is 9.71. The number of nitrogens with one attached hydrogen (secondary N) is 1. The van der Waals surface area contributed by atoms with Gasteiger partial charge in [0.15, 0.2) is 5.17 Å². The average molecular weight is 317 g/mol. The van der Waals surface area contributed by atoms with Crippen molar-refractivity contribution in [2.75, 3.05) is 5.32 Å².